The van der Waals surface area contributed by atoms with Crippen LogP contribution in [0.4, 0.5) is 0 Å². The van der Waals surface area contributed by atoms with Crippen molar-refractivity contribution < 1.29 is 14.3 Å². The van der Waals surface area contributed by atoms with Gasteiger partial charge < -0.3 is 4.74 Å². The van der Waals surface area contributed by atoms with E-state index in [2.05, 4.69) is 26.0 Å². The number of carbonyl (C=O) groups excluding carboxylic acids is 2. The fourth-order valence-electron chi connectivity index (χ4n) is 1.44. The van der Waals surface area contributed by atoms with Gasteiger partial charge in [0, 0.05) is 5.56 Å². The highest BCUT2D eigenvalue weighted by Crippen LogP contribution is 2.16. The Kier molecular flexibility index (Phi) is 3.72. The summed E-state index contributed by atoms with van der Waals surface area (Å²) in [5.41, 5.74) is 6.54. The molecule has 0 aliphatic heterocycles. The molecule has 19 heavy (non-hydrogen) atoms. The lowest BCUT2D eigenvalue weighted by Gasteiger charge is -2.01. The topological polar surface area (TPSA) is 98.1 Å². The number of hydrogen-bond donors (Lipinski definition) is 2. The molecule has 0 spiro atoms. The quantitative estimate of drug-likeness (QED) is 0.444. The molecule has 2 N–H and O–H groups in total. The van der Waals surface area contributed by atoms with Gasteiger partial charge in [-0.25, -0.2) is 10.3 Å². The molecular weight excluding hydrogens is 250 g/mol. The van der Waals surface area contributed by atoms with Crippen molar-refractivity contribution in [3.63, 3.8) is 0 Å². The molecule has 8 nitrogen and oxygen atoms in total. The number of ether oxygens (including phenoxy) is 1. The molecular formula is C11H11N5O3. The molecule has 0 saturated heterocycles. The lowest BCUT2D eigenvalue weighted by atomic mass is 10.1. The third kappa shape index (κ3) is 2.86. The summed E-state index contributed by atoms with van der Waals surface area (Å²) in [5, 5.41) is 7.66. The number of benzene rings is 1. The van der Waals surface area contributed by atoms with Crippen LogP contribution in [0.5, 0.6) is 0 Å². The van der Waals surface area contributed by atoms with Crippen LogP contribution in [-0.2, 0) is 9.53 Å². The summed E-state index contributed by atoms with van der Waals surface area (Å²) in [7, 11) is 1.33. The monoisotopic (exact) mass is 261 g/mol. The molecule has 8 heteroatoms. The number of methoxy groups -OCH3 is 1. The minimum absolute atomic E-state index is 0.396. The maximum absolute atomic E-state index is 11.3. The number of aromatic nitrogens is 3. The number of esters is 1. The third-order valence-corrected chi connectivity index (χ3v) is 2.33. The molecule has 0 aliphatic carbocycles. The molecule has 0 aliphatic rings. The first-order valence-electron chi connectivity index (χ1n) is 5.31. The second-order valence-electron chi connectivity index (χ2n) is 3.49. The standard InChI is InChI=1S/C11H11N5O3/c1-19-11(18)9-4-2-8(3-5-9)10-6-16(15-13-10)14-12-7-17/h2-7,14H,1H3,(H,12,17). The molecule has 1 amide bonds. The Morgan fingerprint density at radius 3 is 2.74 bits per heavy atom. The molecule has 0 fully saturated rings. The number of hydrogen-bond acceptors (Lipinski definition) is 6. The van der Waals surface area contributed by atoms with Crippen LogP contribution in [0.15, 0.2) is 30.5 Å². The van der Waals surface area contributed by atoms with E-state index in [1.807, 2.05) is 0 Å². The van der Waals surface area contributed by atoms with Gasteiger partial charge in [-0.1, -0.05) is 12.1 Å². The van der Waals surface area contributed by atoms with Gasteiger partial charge in [-0.3, -0.25) is 10.2 Å². The lowest BCUT2D eigenvalue weighted by Crippen LogP contribution is -2.29. The number of nitrogens with zero attached hydrogens (tertiary/aromatic N) is 3. The Labute approximate surface area is 108 Å². The zero-order valence-electron chi connectivity index (χ0n) is 10.0. The molecule has 1 aromatic heterocycles. The SMILES string of the molecule is COC(=O)c1ccc(-c2cn(NNC=O)nn2)cc1. The van der Waals surface area contributed by atoms with E-state index >= 15 is 0 Å². The Morgan fingerprint density at radius 1 is 1.37 bits per heavy atom. The van der Waals surface area contributed by atoms with E-state index in [1.54, 1.807) is 30.5 Å². The van der Waals surface area contributed by atoms with Gasteiger partial charge >= 0.3 is 5.97 Å². The van der Waals surface area contributed by atoms with E-state index < -0.39 is 5.97 Å². The van der Waals surface area contributed by atoms with E-state index in [-0.39, 0.29) is 0 Å². The zero-order valence-corrected chi connectivity index (χ0v) is 10.0. The first kappa shape index (κ1) is 12.6. The van der Waals surface area contributed by atoms with Gasteiger partial charge in [-0.15, -0.1) is 9.89 Å². The summed E-state index contributed by atoms with van der Waals surface area (Å²) in [5.74, 6) is -0.396. The molecule has 98 valence electrons. The van der Waals surface area contributed by atoms with Crippen LogP contribution in [0.1, 0.15) is 10.4 Å². The molecule has 0 bridgehead atoms. The predicted octanol–water partition coefficient (Wildman–Crippen LogP) is -0.0638. The van der Waals surface area contributed by atoms with Gasteiger partial charge in [-0.05, 0) is 17.3 Å². The largest absolute Gasteiger partial charge is 0.465 e. The summed E-state index contributed by atoms with van der Waals surface area (Å²) in [6, 6.07) is 6.73. The summed E-state index contributed by atoms with van der Waals surface area (Å²) in [6.07, 6.45) is 2.07. The van der Waals surface area contributed by atoms with Crippen LogP contribution in [-0.4, -0.2) is 34.6 Å². The van der Waals surface area contributed by atoms with Crippen molar-refractivity contribution in [2.75, 3.05) is 12.6 Å². The summed E-state index contributed by atoms with van der Waals surface area (Å²) in [6.45, 7) is 0. The average Bonchev–Trinajstić information content (AvgIpc) is 2.93. The van der Waals surface area contributed by atoms with Gasteiger partial charge in [0.1, 0.15) is 5.69 Å². The normalized spacial score (nSPS) is 9.74. The van der Waals surface area contributed by atoms with E-state index in [4.69, 9.17) is 0 Å². The van der Waals surface area contributed by atoms with Gasteiger partial charge in [0.05, 0.1) is 18.9 Å². The van der Waals surface area contributed by atoms with Gasteiger partial charge in [-0.2, -0.15) is 0 Å². The molecule has 1 aromatic carbocycles. The van der Waals surface area contributed by atoms with Crippen LogP contribution < -0.4 is 11.0 Å². The molecule has 0 radical (unpaired) electrons. The number of carbonyl (C=O) groups is 2. The van der Waals surface area contributed by atoms with E-state index in [1.165, 1.54) is 11.9 Å². The van der Waals surface area contributed by atoms with Crippen molar-refractivity contribution in [1.82, 2.24) is 20.5 Å². The number of hydrazine groups is 1. The number of nitrogens with one attached hydrogen (secondary N) is 2. The molecule has 0 atom stereocenters. The average molecular weight is 261 g/mol. The maximum Gasteiger partial charge on any atom is 0.337 e. The van der Waals surface area contributed by atoms with Crippen molar-refractivity contribution in [3.05, 3.63) is 36.0 Å². The molecule has 0 saturated carbocycles. The van der Waals surface area contributed by atoms with Gasteiger partial charge in [0.2, 0.25) is 6.41 Å². The van der Waals surface area contributed by atoms with Crippen LogP contribution >= 0.6 is 0 Å². The first-order valence-corrected chi connectivity index (χ1v) is 5.31. The number of amides is 1. The van der Waals surface area contributed by atoms with Crippen molar-refractivity contribution in [2.45, 2.75) is 0 Å². The highest BCUT2D eigenvalue weighted by molar-refractivity contribution is 5.89. The Morgan fingerprint density at radius 2 is 2.11 bits per heavy atom. The Bertz CT molecular complexity index is 578. The predicted molar refractivity (Wildman–Crippen MR) is 65.4 cm³/mol. The lowest BCUT2D eigenvalue weighted by molar-refractivity contribution is -0.109. The zero-order chi connectivity index (χ0) is 13.7. The highest BCUT2D eigenvalue weighted by atomic mass is 16.5. The summed E-state index contributed by atoms with van der Waals surface area (Å²) < 4.78 is 4.61. The van der Waals surface area contributed by atoms with Crippen molar-refractivity contribution in [3.8, 4) is 11.3 Å². The van der Waals surface area contributed by atoms with Crippen molar-refractivity contribution in [2.24, 2.45) is 0 Å². The van der Waals surface area contributed by atoms with Crippen molar-refractivity contribution in [1.29, 1.82) is 0 Å². The maximum atomic E-state index is 11.3. The minimum atomic E-state index is -0.396. The fourth-order valence-corrected chi connectivity index (χ4v) is 1.44. The summed E-state index contributed by atoms with van der Waals surface area (Å²) >= 11 is 0. The molecule has 2 aromatic rings. The van der Waals surface area contributed by atoms with Crippen LogP contribution in [0.2, 0.25) is 0 Å². The third-order valence-electron chi connectivity index (χ3n) is 2.33. The molecule has 2 rings (SSSR count). The smallest absolute Gasteiger partial charge is 0.337 e. The van der Waals surface area contributed by atoms with E-state index in [0.29, 0.717) is 17.7 Å². The Balaban J connectivity index is 2.15. The minimum Gasteiger partial charge on any atom is -0.465 e. The van der Waals surface area contributed by atoms with Crippen LogP contribution in [0, 0.1) is 0 Å². The molecule has 0 unspecified atom stereocenters. The van der Waals surface area contributed by atoms with E-state index in [0.717, 1.165) is 5.56 Å². The fraction of sp³-hybridized carbons (Fsp3) is 0.0909. The van der Waals surface area contributed by atoms with E-state index in [9.17, 15) is 9.59 Å². The van der Waals surface area contributed by atoms with Crippen LogP contribution in [0.3, 0.4) is 0 Å². The number of rotatable bonds is 5. The highest BCUT2D eigenvalue weighted by Gasteiger charge is 2.07. The second kappa shape index (κ2) is 5.63. The van der Waals surface area contributed by atoms with Crippen molar-refractivity contribution >= 4 is 12.4 Å². The van der Waals surface area contributed by atoms with Crippen LogP contribution in [0.25, 0.3) is 11.3 Å². The van der Waals surface area contributed by atoms with Gasteiger partial charge in [0.25, 0.3) is 0 Å². The molecule has 1 heterocycles. The first-order chi connectivity index (χ1) is 9.24. The Hall–Kier alpha value is -2.90. The second-order valence-corrected chi connectivity index (χ2v) is 3.49. The summed E-state index contributed by atoms with van der Waals surface area (Å²) in [4.78, 5) is 22.6. The van der Waals surface area contributed by atoms with Gasteiger partial charge in [0.15, 0.2) is 0 Å².